The Bertz CT molecular complexity index is 78.4. The van der Waals surface area contributed by atoms with E-state index in [1.165, 1.54) is 0 Å². The molecule has 3 heteroatoms. The zero-order valence-electron chi connectivity index (χ0n) is 5.83. The first kappa shape index (κ1) is 10.0. The molecule has 0 nitrogen and oxygen atoms in total. The lowest BCUT2D eigenvalue weighted by Crippen LogP contribution is -2.23. The van der Waals surface area contributed by atoms with Gasteiger partial charge in [0.05, 0.1) is 4.08 Å². The molecule has 0 rings (SSSR count). The van der Waals surface area contributed by atoms with Crippen LogP contribution in [0, 0.1) is 0 Å². The summed E-state index contributed by atoms with van der Waals surface area (Å²) < 4.78 is -0.197. The summed E-state index contributed by atoms with van der Waals surface area (Å²) in [4.78, 5) is 0. The van der Waals surface area contributed by atoms with Crippen LogP contribution in [0.1, 0.15) is 26.7 Å². The third-order valence-electron chi connectivity index (χ3n) is 1.29. The van der Waals surface area contributed by atoms with Crippen LogP contribution in [0.5, 0.6) is 0 Å². The van der Waals surface area contributed by atoms with Gasteiger partial charge in [-0.1, -0.05) is 20.3 Å². The van der Waals surface area contributed by atoms with Crippen molar-refractivity contribution in [1.82, 2.24) is 0 Å². The molecule has 0 aliphatic carbocycles. The fourth-order valence-electron chi connectivity index (χ4n) is 0.577. The maximum atomic E-state index is 4.35. The van der Waals surface area contributed by atoms with Crippen LogP contribution in [0.2, 0.25) is 0 Å². The molecule has 1 atom stereocenters. The molecule has 9 heavy (non-hydrogen) atoms. The predicted molar refractivity (Wildman–Crippen MR) is 54.1 cm³/mol. The average molecular weight is 182 g/mol. The van der Waals surface area contributed by atoms with E-state index in [1.54, 1.807) is 0 Å². The molecule has 0 saturated carbocycles. The summed E-state index contributed by atoms with van der Waals surface area (Å²) in [6, 6.07) is 0. The minimum atomic E-state index is -0.197. The summed E-state index contributed by atoms with van der Waals surface area (Å²) in [5.74, 6) is 0. The molecule has 0 aromatic heterocycles. The van der Waals surface area contributed by atoms with E-state index in [0.29, 0.717) is 0 Å². The van der Waals surface area contributed by atoms with Crippen molar-refractivity contribution < 1.29 is 0 Å². The number of thiol groups is 3. The summed E-state index contributed by atoms with van der Waals surface area (Å²) >= 11 is 13.0. The highest BCUT2D eigenvalue weighted by molar-refractivity contribution is 8.02. The SMILES string of the molecule is CCCC(S)(S)C(C)S. The summed E-state index contributed by atoms with van der Waals surface area (Å²) in [6.07, 6.45) is 2.11. The lowest BCUT2D eigenvalue weighted by atomic mass is 10.2. The van der Waals surface area contributed by atoms with Crippen molar-refractivity contribution in [2.75, 3.05) is 0 Å². The first-order valence-corrected chi connectivity index (χ1v) is 4.54. The molecule has 0 spiro atoms. The highest BCUT2D eigenvalue weighted by atomic mass is 32.2. The van der Waals surface area contributed by atoms with Crippen LogP contribution < -0.4 is 0 Å². The Morgan fingerprint density at radius 2 is 1.89 bits per heavy atom. The fourth-order valence-corrected chi connectivity index (χ4v) is 1.15. The van der Waals surface area contributed by atoms with Gasteiger partial charge in [-0.2, -0.15) is 37.9 Å². The maximum Gasteiger partial charge on any atom is 0.0664 e. The van der Waals surface area contributed by atoms with Gasteiger partial charge in [0, 0.05) is 5.25 Å². The van der Waals surface area contributed by atoms with Crippen molar-refractivity contribution >= 4 is 37.9 Å². The largest absolute Gasteiger partial charge is 0.174 e. The lowest BCUT2D eigenvalue weighted by molar-refractivity contribution is 0.699. The third kappa shape index (κ3) is 3.68. The predicted octanol–water partition coefficient (Wildman–Crippen LogP) is 2.66. The number of hydrogen-bond donors (Lipinski definition) is 3. The highest BCUT2D eigenvalue weighted by Crippen LogP contribution is 2.32. The van der Waals surface area contributed by atoms with Gasteiger partial charge in [-0.15, -0.1) is 0 Å². The van der Waals surface area contributed by atoms with E-state index >= 15 is 0 Å². The van der Waals surface area contributed by atoms with Crippen LogP contribution in [0.4, 0.5) is 0 Å². The zero-order valence-corrected chi connectivity index (χ0v) is 8.52. The van der Waals surface area contributed by atoms with Crippen molar-refractivity contribution in [2.45, 2.75) is 36.0 Å². The molecule has 0 radical (unpaired) electrons. The van der Waals surface area contributed by atoms with Gasteiger partial charge in [0.15, 0.2) is 0 Å². The second-order valence-corrected chi connectivity index (χ2v) is 5.03. The Morgan fingerprint density at radius 1 is 1.44 bits per heavy atom. The second kappa shape index (κ2) is 4.04. The monoisotopic (exact) mass is 182 g/mol. The van der Waals surface area contributed by atoms with Crippen molar-refractivity contribution in [3.63, 3.8) is 0 Å². The second-order valence-electron chi connectivity index (χ2n) is 2.30. The van der Waals surface area contributed by atoms with Gasteiger partial charge in [-0.25, -0.2) is 0 Å². The molecule has 0 bridgehead atoms. The van der Waals surface area contributed by atoms with Crippen LogP contribution in [-0.2, 0) is 0 Å². The highest BCUT2D eigenvalue weighted by Gasteiger charge is 2.23. The van der Waals surface area contributed by atoms with Gasteiger partial charge < -0.3 is 0 Å². The molecule has 0 fully saturated rings. The van der Waals surface area contributed by atoms with E-state index in [2.05, 4.69) is 44.8 Å². The first-order chi connectivity index (χ1) is 4.00. The van der Waals surface area contributed by atoms with Gasteiger partial charge in [-0.05, 0) is 6.42 Å². The molecule has 0 aromatic carbocycles. The normalized spacial score (nSPS) is 15.7. The summed E-state index contributed by atoms with van der Waals surface area (Å²) in [6.45, 7) is 4.14. The van der Waals surface area contributed by atoms with Crippen LogP contribution in [0.25, 0.3) is 0 Å². The number of rotatable bonds is 3. The molecular weight excluding hydrogens is 168 g/mol. The topological polar surface area (TPSA) is 0 Å². The molecular formula is C6H14S3. The Hall–Kier alpha value is 1.05. The Kier molecular flexibility index (Phi) is 4.51. The fraction of sp³-hybridized carbons (Fsp3) is 1.00. The molecule has 1 unspecified atom stereocenters. The van der Waals surface area contributed by atoms with E-state index in [-0.39, 0.29) is 9.33 Å². The van der Waals surface area contributed by atoms with E-state index in [0.717, 1.165) is 12.8 Å². The molecule has 0 aliphatic heterocycles. The smallest absolute Gasteiger partial charge is 0.0664 e. The van der Waals surface area contributed by atoms with Gasteiger partial charge in [-0.3, -0.25) is 0 Å². The Balaban J connectivity index is 3.70. The van der Waals surface area contributed by atoms with Crippen molar-refractivity contribution in [1.29, 1.82) is 0 Å². The number of hydrogen-bond acceptors (Lipinski definition) is 3. The molecule has 0 N–H and O–H groups in total. The van der Waals surface area contributed by atoms with E-state index < -0.39 is 0 Å². The first-order valence-electron chi connectivity index (χ1n) is 3.13. The Labute approximate surface area is 74.0 Å². The summed E-state index contributed by atoms with van der Waals surface area (Å²) in [5, 5.41) is 0.240. The van der Waals surface area contributed by atoms with Crippen LogP contribution in [0.3, 0.4) is 0 Å². The molecule has 0 aliphatic rings. The lowest BCUT2D eigenvalue weighted by Gasteiger charge is -2.25. The van der Waals surface area contributed by atoms with Gasteiger partial charge in [0.2, 0.25) is 0 Å². The van der Waals surface area contributed by atoms with Crippen LogP contribution in [0.15, 0.2) is 0 Å². The molecule has 0 saturated heterocycles. The van der Waals surface area contributed by atoms with Gasteiger partial charge in [0.25, 0.3) is 0 Å². The van der Waals surface area contributed by atoms with E-state index in [9.17, 15) is 0 Å². The minimum absolute atomic E-state index is 0.197. The maximum absolute atomic E-state index is 4.35. The van der Waals surface area contributed by atoms with E-state index in [1.807, 2.05) is 6.92 Å². The van der Waals surface area contributed by atoms with E-state index in [4.69, 9.17) is 0 Å². The molecule has 56 valence electrons. The van der Waals surface area contributed by atoms with Crippen molar-refractivity contribution in [2.24, 2.45) is 0 Å². The van der Waals surface area contributed by atoms with Gasteiger partial charge >= 0.3 is 0 Å². The third-order valence-corrected chi connectivity index (χ3v) is 3.36. The van der Waals surface area contributed by atoms with Crippen LogP contribution in [-0.4, -0.2) is 9.33 Å². The molecule has 0 heterocycles. The van der Waals surface area contributed by atoms with Crippen LogP contribution >= 0.6 is 37.9 Å². The minimum Gasteiger partial charge on any atom is -0.174 e. The average Bonchev–Trinajstić information content (AvgIpc) is 1.65. The zero-order chi connectivity index (χ0) is 7.49. The van der Waals surface area contributed by atoms with Gasteiger partial charge in [0.1, 0.15) is 0 Å². The van der Waals surface area contributed by atoms with Crippen molar-refractivity contribution in [3.8, 4) is 0 Å². The Morgan fingerprint density at radius 3 is 2.00 bits per heavy atom. The molecule has 0 amide bonds. The standard InChI is InChI=1S/C6H14S3/c1-3-4-6(8,9)5(2)7/h5,7-9H,3-4H2,1-2H3. The quantitative estimate of drug-likeness (QED) is 0.434. The summed E-state index contributed by atoms with van der Waals surface area (Å²) in [5.41, 5.74) is 0. The molecule has 0 aromatic rings. The summed E-state index contributed by atoms with van der Waals surface area (Å²) in [7, 11) is 0. The van der Waals surface area contributed by atoms with Crippen molar-refractivity contribution in [3.05, 3.63) is 0 Å².